The summed E-state index contributed by atoms with van der Waals surface area (Å²) in [4.78, 5) is 35.6. The molecule has 0 atom stereocenters. The second-order valence-corrected chi connectivity index (χ2v) is 4.79. The molecule has 1 aromatic rings. The van der Waals surface area contributed by atoms with Crippen molar-refractivity contribution >= 4 is 23.5 Å². The van der Waals surface area contributed by atoms with Crippen molar-refractivity contribution in [1.29, 1.82) is 0 Å². The number of hydrogen-bond acceptors (Lipinski definition) is 4. The molecule has 0 spiro atoms. The second kappa shape index (κ2) is 8.04. The van der Waals surface area contributed by atoms with E-state index in [2.05, 4.69) is 10.1 Å². The number of methoxy groups -OCH3 is 1. The number of ether oxygens (including phenoxy) is 1. The molecule has 2 amide bonds. The van der Waals surface area contributed by atoms with Gasteiger partial charge >= 0.3 is 5.97 Å². The third kappa shape index (κ3) is 6.07. The summed E-state index contributed by atoms with van der Waals surface area (Å²) in [5.41, 5.74) is 1.51. The predicted molar refractivity (Wildman–Crippen MR) is 78.7 cm³/mol. The lowest BCUT2D eigenvalue weighted by Gasteiger charge is -2.10. The van der Waals surface area contributed by atoms with E-state index in [1.807, 2.05) is 0 Å². The van der Waals surface area contributed by atoms with E-state index in [9.17, 15) is 14.4 Å². The maximum atomic E-state index is 11.6. The molecule has 1 aromatic carbocycles. The SMILES string of the molecule is COC(=O)CCC(=O)Nc1ccc(CC(=O)N(C)C)cc1. The Morgan fingerprint density at radius 1 is 1.10 bits per heavy atom. The molecule has 0 aliphatic carbocycles. The van der Waals surface area contributed by atoms with E-state index in [4.69, 9.17) is 0 Å². The van der Waals surface area contributed by atoms with Crippen molar-refractivity contribution in [3.05, 3.63) is 29.8 Å². The number of likely N-dealkylation sites (N-methyl/N-ethyl adjacent to an activating group) is 1. The van der Waals surface area contributed by atoms with Crippen LogP contribution in [0, 0.1) is 0 Å². The summed E-state index contributed by atoms with van der Waals surface area (Å²) in [5, 5.41) is 2.68. The first kappa shape index (κ1) is 16.7. The van der Waals surface area contributed by atoms with Crippen LogP contribution in [0.1, 0.15) is 18.4 Å². The highest BCUT2D eigenvalue weighted by Crippen LogP contribution is 2.11. The predicted octanol–water partition coefficient (Wildman–Crippen LogP) is 1.21. The van der Waals surface area contributed by atoms with Gasteiger partial charge in [-0.05, 0) is 17.7 Å². The summed E-state index contributed by atoms with van der Waals surface area (Å²) < 4.78 is 4.47. The Morgan fingerprint density at radius 2 is 1.71 bits per heavy atom. The minimum absolute atomic E-state index is 0.0184. The molecule has 114 valence electrons. The smallest absolute Gasteiger partial charge is 0.306 e. The first-order chi connectivity index (χ1) is 9.92. The fourth-order valence-electron chi connectivity index (χ4n) is 1.58. The molecule has 0 saturated carbocycles. The van der Waals surface area contributed by atoms with Crippen molar-refractivity contribution in [2.75, 3.05) is 26.5 Å². The monoisotopic (exact) mass is 292 g/mol. The van der Waals surface area contributed by atoms with Crippen LogP contribution in [0.15, 0.2) is 24.3 Å². The molecule has 0 aromatic heterocycles. The van der Waals surface area contributed by atoms with Crippen LogP contribution < -0.4 is 5.32 Å². The topological polar surface area (TPSA) is 75.7 Å². The summed E-state index contributed by atoms with van der Waals surface area (Å²) >= 11 is 0. The number of nitrogens with one attached hydrogen (secondary N) is 1. The van der Waals surface area contributed by atoms with Crippen LogP contribution in [0.5, 0.6) is 0 Å². The Morgan fingerprint density at radius 3 is 2.24 bits per heavy atom. The summed E-state index contributed by atoms with van der Waals surface area (Å²) in [6.07, 6.45) is 0.453. The fraction of sp³-hybridized carbons (Fsp3) is 0.400. The Hall–Kier alpha value is -2.37. The van der Waals surface area contributed by atoms with Crippen LogP contribution in [-0.4, -0.2) is 43.9 Å². The third-order valence-corrected chi connectivity index (χ3v) is 2.88. The zero-order valence-electron chi connectivity index (χ0n) is 12.5. The van der Waals surface area contributed by atoms with Crippen LogP contribution in [0.4, 0.5) is 5.69 Å². The first-order valence-corrected chi connectivity index (χ1v) is 6.58. The third-order valence-electron chi connectivity index (χ3n) is 2.88. The minimum atomic E-state index is -0.414. The number of amides is 2. The van der Waals surface area contributed by atoms with Gasteiger partial charge in [0.1, 0.15) is 0 Å². The van der Waals surface area contributed by atoms with Crippen molar-refractivity contribution in [2.45, 2.75) is 19.3 Å². The lowest BCUT2D eigenvalue weighted by atomic mass is 10.1. The van der Waals surface area contributed by atoms with Gasteiger partial charge in [-0.3, -0.25) is 14.4 Å². The van der Waals surface area contributed by atoms with Crippen molar-refractivity contribution in [2.24, 2.45) is 0 Å². The van der Waals surface area contributed by atoms with Gasteiger partial charge in [-0.25, -0.2) is 0 Å². The van der Waals surface area contributed by atoms with E-state index < -0.39 is 5.97 Å². The second-order valence-electron chi connectivity index (χ2n) is 4.79. The number of benzene rings is 1. The molecular weight excluding hydrogens is 272 g/mol. The molecule has 0 saturated heterocycles. The molecule has 1 N–H and O–H groups in total. The highest BCUT2D eigenvalue weighted by molar-refractivity contribution is 5.92. The van der Waals surface area contributed by atoms with E-state index in [0.717, 1.165) is 5.56 Å². The van der Waals surface area contributed by atoms with E-state index in [1.165, 1.54) is 12.0 Å². The van der Waals surface area contributed by atoms with Gasteiger partial charge in [0.2, 0.25) is 11.8 Å². The first-order valence-electron chi connectivity index (χ1n) is 6.58. The molecule has 0 heterocycles. The molecule has 0 fully saturated rings. The van der Waals surface area contributed by atoms with E-state index in [-0.39, 0.29) is 24.7 Å². The Balaban J connectivity index is 2.49. The van der Waals surface area contributed by atoms with E-state index in [1.54, 1.807) is 38.4 Å². The average Bonchev–Trinajstić information content (AvgIpc) is 2.46. The Bertz CT molecular complexity index is 509. The summed E-state index contributed by atoms with van der Waals surface area (Å²) in [6.45, 7) is 0. The van der Waals surface area contributed by atoms with E-state index in [0.29, 0.717) is 12.1 Å². The quantitative estimate of drug-likeness (QED) is 0.800. The van der Waals surface area contributed by atoms with Gasteiger partial charge < -0.3 is 15.0 Å². The molecule has 0 unspecified atom stereocenters. The lowest BCUT2D eigenvalue weighted by molar-refractivity contribution is -0.141. The zero-order valence-corrected chi connectivity index (χ0v) is 12.5. The van der Waals surface area contributed by atoms with Crippen LogP contribution >= 0.6 is 0 Å². The number of carbonyl (C=O) groups is 3. The summed E-state index contributed by atoms with van der Waals surface area (Å²) in [5.74, 6) is -0.648. The average molecular weight is 292 g/mol. The maximum Gasteiger partial charge on any atom is 0.306 e. The maximum absolute atomic E-state index is 11.6. The van der Waals surface area contributed by atoms with Gasteiger partial charge in [0.15, 0.2) is 0 Å². The number of anilines is 1. The zero-order chi connectivity index (χ0) is 15.8. The van der Waals surface area contributed by atoms with Gasteiger partial charge in [0, 0.05) is 26.2 Å². The van der Waals surface area contributed by atoms with Crippen molar-refractivity contribution in [1.82, 2.24) is 4.90 Å². The summed E-state index contributed by atoms with van der Waals surface area (Å²) in [7, 11) is 4.70. The van der Waals surface area contributed by atoms with E-state index >= 15 is 0 Å². The van der Waals surface area contributed by atoms with Crippen LogP contribution in [0.3, 0.4) is 0 Å². The number of carbonyl (C=O) groups excluding carboxylic acids is 3. The highest BCUT2D eigenvalue weighted by atomic mass is 16.5. The number of nitrogens with zero attached hydrogens (tertiary/aromatic N) is 1. The summed E-state index contributed by atoms with van der Waals surface area (Å²) in [6, 6.07) is 7.04. The van der Waals surface area contributed by atoms with Gasteiger partial charge in [-0.15, -0.1) is 0 Å². The molecule has 0 aliphatic heterocycles. The van der Waals surface area contributed by atoms with Crippen molar-refractivity contribution in [3.63, 3.8) is 0 Å². The van der Waals surface area contributed by atoms with Crippen LogP contribution in [0.25, 0.3) is 0 Å². The Kier molecular flexibility index (Phi) is 6.39. The van der Waals surface area contributed by atoms with Gasteiger partial charge in [0.25, 0.3) is 0 Å². The Labute approximate surface area is 124 Å². The van der Waals surface area contributed by atoms with Gasteiger partial charge in [0.05, 0.1) is 20.0 Å². The fourth-order valence-corrected chi connectivity index (χ4v) is 1.58. The molecule has 0 bridgehead atoms. The normalized spacial score (nSPS) is 9.86. The highest BCUT2D eigenvalue weighted by Gasteiger charge is 2.08. The van der Waals surface area contributed by atoms with Gasteiger partial charge in [-0.2, -0.15) is 0 Å². The molecule has 6 heteroatoms. The molecular formula is C15H20N2O4. The van der Waals surface area contributed by atoms with Gasteiger partial charge in [-0.1, -0.05) is 12.1 Å². The molecule has 21 heavy (non-hydrogen) atoms. The van der Waals surface area contributed by atoms with Crippen LogP contribution in [0.2, 0.25) is 0 Å². The standard InChI is InChI=1S/C15H20N2O4/c1-17(2)14(19)10-11-4-6-12(7-5-11)16-13(18)8-9-15(20)21-3/h4-7H,8-10H2,1-3H3,(H,16,18). The van der Waals surface area contributed by atoms with Crippen molar-refractivity contribution in [3.8, 4) is 0 Å². The molecule has 0 aliphatic rings. The minimum Gasteiger partial charge on any atom is -0.469 e. The number of esters is 1. The van der Waals surface area contributed by atoms with Crippen molar-refractivity contribution < 1.29 is 19.1 Å². The molecule has 6 nitrogen and oxygen atoms in total. The molecule has 1 rings (SSSR count). The lowest BCUT2D eigenvalue weighted by Crippen LogP contribution is -2.23. The number of rotatable bonds is 6. The largest absolute Gasteiger partial charge is 0.469 e. The van der Waals surface area contributed by atoms with Crippen LogP contribution in [-0.2, 0) is 25.5 Å². The number of hydrogen-bond donors (Lipinski definition) is 1. The molecule has 0 radical (unpaired) electrons.